The second-order valence-corrected chi connectivity index (χ2v) is 15.9. The second-order valence-electron chi connectivity index (χ2n) is 13.6. The van der Waals surface area contributed by atoms with Gasteiger partial charge in [0.15, 0.2) is 0 Å². The Balaban J connectivity index is -0.000000123. The van der Waals surface area contributed by atoms with E-state index in [-0.39, 0.29) is 22.3 Å². The third-order valence-electron chi connectivity index (χ3n) is 6.57. The minimum atomic E-state index is 0. The molecule has 0 aliphatic heterocycles. The van der Waals surface area contributed by atoms with Crippen LogP contribution in [0.2, 0.25) is 0 Å². The van der Waals surface area contributed by atoms with Crippen molar-refractivity contribution < 1.29 is 15.3 Å². The molecule has 69 heavy (non-hydrogen) atoms. The second kappa shape index (κ2) is 69.2. The summed E-state index contributed by atoms with van der Waals surface area (Å²) in [5.41, 5.74) is 4.35. The molecule has 386 valence electrons. The van der Waals surface area contributed by atoms with Crippen LogP contribution in [-0.2, 0) is 19.3 Å². The fourth-order valence-electron chi connectivity index (χ4n) is 3.54. The molecule has 0 atom stereocenters. The molecule has 0 amide bonds. The maximum Gasteiger partial charge on any atom is 0.115 e. The minimum Gasteiger partial charge on any atom is -0.508 e. The highest BCUT2D eigenvalue weighted by Gasteiger charge is 1.84. The smallest absolute Gasteiger partial charge is 0.115 e. The normalized spacial score (nSPS) is 7.87. The summed E-state index contributed by atoms with van der Waals surface area (Å²) in [7, 11) is 0. The van der Waals surface area contributed by atoms with Crippen LogP contribution in [0.5, 0.6) is 17.2 Å². The first-order chi connectivity index (χ1) is 32.1. The third kappa shape index (κ3) is 69.3. The zero-order valence-corrected chi connectivity index (χ0v) is 44.8. The standard InChI is InChI=1S/3C6H6O.3C6H8S.2C6H6.4C3H8.3CH4/c3*7-6-4-2-1-3-5-6;3*1-2-6-3-4-7-5-6;2*1-2-4-6-5-3-1;4*1-3-2;;;/h3*1-5,7H;3*3-5H,2H2,1H3;2*1-6H;4*3H2,1-2H3;3*1H4. The summed E-state index contributed by atoms with van der Waals surface area (Å²) >= 11 is 5.29. The lowest BCUT2D eigenvalue weighted by molar-refractivity contribution is 0.475. The summed E-state index contributed by atoms with van der Waals surface area (Å²) in [4.78, 5) is 0. The molecule has 0 aliphatic rings. The molecular weight excluding hydrogens is 901 g/mol. The molecule has 0 bridgehead atoms. The molecule has 3 aromatic heterocycles. The monoisotopic (exact) mass is 999 g/mol. The average molecular weight is 1000 g/mol. The van der Waals surface area contributed by atoms with Gasteiger partial charge in [0.1, 0.15) is 17.2 Å². The van der Waals surface area contributed by atoms with Crippen molar-refractivity contribution in [1.82, 2.24) is 0 Å². The lowest BCUT2D eigenvalue weighted by Crippen LogP contribution is -1.66. The Kier molecular flexibility index (Phi) is 78.0. The quantitative estimate of drug-likeness (QED) is 0.165. The molecule has 6 heteroatoms. The van der Waals surface area contributed by atoms with E-state index < -0.39 is 0 Å². The number of phenols is 3. The van der Waals surface area contributed by atoms with Gasteiger partial charge in [0.2, 0.25) is 0 Å². The lowest BCUT2D eigenvalue weighted by Gasteiger charge is -1.82. The number of phenolic OH excluding ortho intramolecular Hbond substituents is 3. The summed E-state index contributed by atoms with van der Waals surface area (Å²) in [5.74, 6) is 0.965. The number of aromatic hydroxyl groups is 3. The first-order valence-electron chi connectivity index (χ1n) is 23.4. The summed E-state index contributed by atoms with van der Waals surface area (Å²) in [5, 5.41) is 38.8. The van der Waals surface area contributed by atoms with Crippen LogP contribution in [0.3, 0.4) is 0 Å². The van der Waals surface area contributed by atoms with E-state index in [0.29, 0.717) is 17.2 Å². The predicted molar refractivity (Wildman–Crippen MR) is 322 cm³/mol. The summed E-state index contributed by atoms with van der Waals surface area (Å²) in [6.45, 7) is 23.5. The Bertz CT molecular complexity index is 1610. The van der Waals surface area contributed by atoms with E-state index in [2.05, 4.69) is 127 Å². The van der Waals surface area contributed by atoms with Crippen LogP contribution in [0.1, 0.15) is 141 Å². The first-order valence-corrected chi connectivity index (χ1v) is 26.2. The molecule has 0 aliphatic carbocycles. The van der Waals surface area contributed by atoms with Crippen LogP contribution in [0, 0.1) is 0 Å². The largest absolute Gasteiger partial charge is 0.508 e. The highest BCUT2D eigenvalue weighted by atomic mass is 32.1. The zero-order valence-electron chi connectivity index (χ0n) is 42.3. The van der Waals surface area contributed by atoms with Gasteiger partial charge in [-0.2, -0.15) is 34.0 Å². The van der Waals surface area contributed by atoms with Gasteiger partial charge in [0.05, 0.1) is 0 Å². The van der Waals surface area contributed by atoms with Gasteiger partial charge < -0.3 is 15.3 Å². The Labute approximate surface area is 438 Å². The fourth-order valence-corrected chi connectivity index (χ4v) is 5.79. The van der Waals surface area contributed by atoms with Crippen molar-refractivity contribution in [1.29, 1.82) is 0 Å². The van der Waals surface area contributed by atoms with E-state index in [1.54, 1.807) is 107 Å². The molecule has 0 radical (unpaired) electrons. The van der Waals surface area contributed by atoms with Crippen LogP contribution in [0.4, 0.5) is 0 Å². The molecule has 0 saturated heterocycles. The number of rotatable bonds is 3. The van der Waals surface area contributed by atoms with E-state index in [0.717, 1.165) is 0 Å². The van der Waals surface area contributed by atoms with Crippen LogP contribution in [0.15, 0.2) is 214 Å². The average Bonchev–Trinajstić information content (AvgIpc) is 4.20. The molecule has 3 nitrogen and oxygen atoms in total. The Morgan fingerprint density at radius 1 is 0.261 bits per heavy atom. The molecule has 0 spiro atoms. The van der Waals surface area contributed by atoms with Gasteiger partial charge in [-0.25, -0.2) is 0 Å². The molecule has 8 aromatic rings. The summed E-state index contributed by atoms with van der Waals surface area (Å²) in [6.07, 6.45) is 8.51. The number of aryl methyl sites for hydroxylation is 3. The molecule has 0 saturated carbocycles. The maximum atomic E-state index is 8.63. The topological polar surface area (TPSA) is 60.7 Å². The van der Waals surface area contributed by atoms with Gasteiger partial charge in [-0.05, 0) is 123 Å². The fraction of sp³-hybridized carbons (Fsp3) is 0.333. The van der Waals surface area contributed by atoms with Crippen LogP contribution >= 0.6 is 34.0 Å². The highest BCUT2D eigenvalue weighted by Crippen LogP contribution is 2.07. The number of hydrogen-bond donors (Lipinski definition) is 3. The number of para-hydroxylation sites is 3. The van der Waals surface area contributed by atoms with Crippen molar-refractivity contribution in [3.8, 4) is 17.2 Å². The van der Waals surface area contributed by atoms with Crippen LogP contribution in [-0.4, -0.2) is 15.3 Å². The van der Waals surface area contributed by atoms with Gasteiger partial charge in [-0.1, -0.05) is 252 Å². The van der Waals surface area contributed by atoms with Gasteiger partial charge in [-0.3, -0.25) is 0 Å². The number of benzene rings is 5. The van der Waals surface area contributed by atoms with Crippen molar-refractivity contribution in [2.24, 2.45) is 0 Å². The van der Waals surface area contributed by atoms with Crippen molar-refractivity contribution >= 4 is 34.0 Å². The van der Waals surface area contributed by atoms with Crippen molar-refractivity contribution in [2.75, 3.05) is 0 Å². The molecule has 3 N–H and O–H groups in total. The Hall–Kier alpha value is -5.40. The zero-order chi connectivity index (χ0) is 50.0. The first kappa shape index (κ1) is 77.8. The van der Waals surface area contributed by atoms with E-state index in [4.69, 9.17) is 15.3 Å². The minimum absolute atomic E-state index is 0. The number of thiophene rings is 3. The van der Waals surface area contributed by atoms with E-state index in [1.807, 2.05) is 91.0 Å². The maximum absolute atomic E-state index is 8.63. The molecule has 3 heterocycles. The SMILES string of the molecule is C.C.C.CCC.CCC.CCC.CCC.CCc1ccsc1.CCc1ccsc1.CCc1ccsc1.Oc1ccccc1.Oc1ccccc1.Oc1ccccc1.c1ccccc1.c1ccccc1. The number of hydrogen-bond acceptors (Lipinski definition) is 6. The van der Waals surface area contributed by atoms with Crippen molar-refractivity contribution in [2.45, 2.75) is 143 Å². The van der Waals surface area contributed by atoms with E-state index in [1.165, 1.54) is 61.6 Å². The molecule has 0 unspecified atom stereocenters. The molecule has 0 fully saturated rings. The Morgan fingerprint density at radius 2 is 0.406 bits per heavy atom. The highest BCUT2D eigenvalue weighted by molar-refractivity contribution is 7.08. The van der Waals surface area contributed by atoms with Crippen LogP contribution < -0.4 is 0 Å². The molecule has 8 rings (SSSR count). The van der Waals surface area contributed by atoms with Gasteiger partial charge in [0, 0.05) is 0 Å². The summed E-state index contributed by atoms with van der Waals surface area (Å²) in [6, 6.07) is 56.6. The Morgan fingerprint density at radius 3 is 0.478 bits per heavy atom. The van der Waals surface area contributed by atoms with Gasteiger partial charge in [0.25, 0.3) is 0 Å². The van der Waals surface area contributed by atoms with Crippen LogP contribution in [0.25, 0.3) is 0 Å². The lowest BCUT2D eigenvalue weighted by atomic mass is 10.3. The summed E-state index contributed by atoms with van der Waals surface area (Å²) < 4.78 is 0. The third-order valence-corrected chi connectivity index (χ3v) is 8.76. The predicted octanol–water partition coefficient (Wildman–Crippen LogP) is 22.1. The van der Waals surface area contributed by atoms with Gasteiger partial charge in [-0.15, -0.1) is 0 Å². The van der Waals surface area contributed by atoms with E-state index >= 15 is 0 Å². The van der Waals surface area contributed by atoms with Gasteiger partial charge >= 0.3 is 0 Å². The van der Waals surface area contributed by atoms with E-state index in [9.17, 15) is 0 Å². The van der Waals surface area contributed by atoms with Crippen molar-refractivity contribution in [3.63, 3.8) is 0 Å². The molecular formula is C63H98O3S3. The molecule has 5 aromatic carbocycles. The van der Waals surface area contributed by atoms with Crippen molar-refractivity contribution in [3.05, 3.63) is 231 Å².